The largest absolute Gasteiger partial charge is 0.369 e. The molecule has 3 aliphatic rings. The minimum absolute atomic E-state index is 0.203. The zero-order chi connectivity index (χ0) is 20.7. The van der Waals surface area contributed by atoms with Gasteiger partial charge in [0, 0.05) is 23.9 Å². The Kier molecular flexibility index (Phi) is 5.18. The van der Waals surface area contributed by atoms with E-state index < -0.39 is 5.41 Å². The van der Waals surface area contributed by atoms with Gasteiger partial charge < -0.3 is 10.6 Å². The third kappa shape index (κ3) is 3.47. The molecule has 5 rings (SSSR count). The van der Waals surface area contributed by atoms with Crippen molar-refractivity contribution in [2.75, 3.05) is 13.1 Å². The molecule has 3 fully saturated rings. The molecule has 3 atom stereocenters. The fourth-order valence-electron chi connectivity index (χ4n) is 6.03. The molecule has 2 aliphatic carbocycles. The number of amides is 2. The number of fused-ring (bicyclic) bond motifs is 1. The predicted molar refractivity (Wildman–Crippen MR) is 120 cm³/mol. The Hall–Kier alpha value is -2.14. The van der Waals surface area contributed by atoms with Gasteiger partial charge in [-0.3, -0.25) is 9.59 Å². The van der Waals surface area contributed by atoms with Crippen LogP contribution < -0.4 is 5.73 Å². The molecule has 0 bridgehead atoms. The van der Waals surface area contributed by atoms with Crippen molar-refractivity contribution in [3.8, 4) is 10.4 Å². The van der Waals surface area contributed by atoms with Crippen molar-refractivity contribution in [2.24, 2.45) is 28.9 Å². The quantitative estimate of drug-likeness (QED) is 0.772. The second-order valence-corrected chi connectivity index (χ2v) is 10.4. The van der Waals surface area contributed by atoms with Crippen molar-refractivity contribution in [3.63, 3.8) is 0 Å². The first-order chi connectivity index (χ1) is 14.6. The summed E-state index contributed by atoms with van der Waals surface area (Å²) in [5.41, 5.74) is 7.65. The summed E-state index contributed by atoms with van der Waals surface area (Å²) in [7, 11) is 0. The van der Waals surface area contributed by atoms with E-state index in [0.29, 0.717) is 24.8 Å². The average Bonchev–Trinajstić information content (AvgIpc) is 3.23. The van der Waals surface area contributed by atoms with Crippen LogP contribution in [0.2, 0.25) is 0 Å². The van der Waals surface area contributed by atoms with Crippen LogP contribution in [-0.4, -0.2) is 29.8 Å². The summed E-state index contributed by atoms with van der Waals surface area (Å²) in [5.74, 6) is 1.40. The van der Waals surface area contributed by atoms with Gasteiger partial charge in [-0.25, -0.2) is 0 Å². The Morgan fingerprint density at radius 1 is 1.07 bits per heavy atom. The summed E-state index contributed by atoms with van der Waals surface area (Å²) in [5, 5.41) is 2.08. The smallest absolute Gasteiger partial charge is 0.226 e. The van der Waals surface area contributed by atoms with Crippen LogP contribution in [0.1, 0.15) is 44.1 Å². The number of nitrogens with two attached hydrogens (primary N) is 1. The fourth-order valence-corrected chi connectivity index (χ4v) is 6.82. The number of hydrogen-bond donors (Lipinski definition) is 1. The highest BCUT2D eigenvalue weighted by Gasteiger charge is 2.56. The molecule has 0 radical (unpaired) electrons. The minimum Gasteiger partial charge on any atom is -0.369 e. The Morgan fingerprint density at radius 2 is 1.83 bits per heavy atom. The molecule has 30 heavy (non-hydrogen) atoms. The molecule has 2 amide bonds. The van der Waals surface area contributed by atoms with E-state index in [1.807, 2.05) is 17.0 Å². The molecule has 5 heteroatoms. The molecular weight excluding hydrogens is 392 g/mol. The molecule has 0 spiro atoms. The minimum atomic E-state index is -0.679. The van der Waals surface area contributed by atoms with Gasteiger partial charge in [0.25, 0.3) is 0 Å². The number of rotatable bonds is 5. The van der Waals surface area contributed by atoms with Crippen LogP contribution in [0.4, 0.5) is 0 Å². The van der Waals surface area contributed by atoms with E-state index in [1.54, 1.807) is 11.3 Å². The number of piperidine rings is 1. The van der Waals surface area contributed by atoms with Gasteiger partial charge in [0.05, 0.1) is 5.41 Å². The number of thiophene rings is 1. The Balaban J connectivity index is 1.39. The average molecular weight is 423 g/mol. The van der Waals surface area contributed by atoms with Crippen LogP contribution in [-0.2, 0) is 16.0 Å². The van der Waals surface area contributed by atoms with Gasteiger partial charge in [-0.15, -0.1) is 11.3 Å². The standard InChI is InChI=1S/C25H30N2O2S/c26-24(29)25(15-17-7-1-2-8-18(17)21-11-5-14-30-21)12-6-13-27(16-25)23(28)22-19-9-3-4-10-20(19)22/h1-2,5,7-8,11,14,19-20,22H,3-4,6,9-10,12-13,15-16H2,(H2,26,29)/t19-,20-,25-/m0/s1. The first-order valence-electron chi connectivity index (χ1n) is 11.3. The molecular formula is C25H30N2O2S. The predicted octanol–water partition coefficient (Wildman–Crippen LogP) is 4.49. The van der Waals surface area contributed by atoms with Gasteiger partial charge in [0.2, 0.25) is 11.8 Å². The zero-order valence-corrected chi connectivity index (χ0v) is 18.2. The van der Waals surface area contributed by atoms with Crippen LogP contribution in [0.3, 0.4) is 0 Å². The molecule has 2 heterocycles. The molecule has 1 aliphatic heterocycles. The van der Waals surface area contributed by atoms with Crippen molar-refractivity contribution < 1.29 is 9.59 Å². The number of benzene rings is 1. The lowest BCUT2D eigenvalue weighted by Crippen LogP contribution is -2.53. The number of hydrogen-bond acceptors (Lipinski definition) is 3. The van der Waals surface area contributed by atoms with Crippen LogP contribution >= 0.6 is 11.3 Å². The van der Waals surface area contributed by atoms with E-state index in [-0.39, 0.29) is 17.7 Å². The van der Waals surface area contributed by atoms with Gasteiger partial charge >= 0.3 is 0 Å². The van der Waals surface area contributed by atoms with Crippen molar-refractivity contribution >= 4 is 23.2 Å². The van der Waals surface area contributed by atoms with Gasteiger partial charge in [-0.05, 0) is 66.5 Å². The number of carbonyl (C=O) groups excluding carboxylic acids is 2. The monoisotopic (exact) mass is 422 g/mol. The summed E-state index contributed by atoms with van der Waals surface area (Å²) in [6.45, 7) is 1.23. The zero-order valence-electron chi connectivity index (χ0n) is 17.4. The van der Waals surface area contributed by atoms with Gasteiger partial charge in [0.15, 0.2) is 0 Å². The molecule has 2 saturated carbocycles. The third-order valence-corrected chi connectivity index (χ3v) is 8.59. The van der Waals surface area contributed by atoms with Crippen molar-refractivity contribution in [1.82, 2.24) is 4.90 Å². The highest BCUT2D eigenvalue weighted by Crippen LogP contribution is 2.56. The summed E-state index contributed by atoms with van der Waals surface area (Å²) < 4.78 is 0. The highest BCUT2D eigenvalue weighted by molar-refractivity contribution is 7.13. The van der Waals surface area contributed by atoms with E-state index in [0.717, 1.165) is 24.9 Å². The van der Waals surface area contributed by atoms with E-state index in [4.69, 9.17) is 5.73 Å². The van der Waals surface area contributed by atoms with Crippen LogP contribution in [0.5, 0.6) is 0 Å². The molecule has 4 nitrogen and oxygen atoms in total. The lowest BCUT2D eigenvalue weighted by Gasteiger charge is -2.41. The Labute approximate surface area is 182 Å². The maximum absolute atomic E-state index is 13.3. The first-order valence-corrected chi connectivity index (χ1v) is 12.2. The number of carbonyl (C=O) groups is 2. The molecule has 2 N–H and O–H groups in total. The topological polar surface area (TPSA) is 63.4 Å². The van der Waals surface area contributed by atoms with Crippen LogP contribution in [0.15, 0.2) is 41.8 Å². The Bertz CT molecular complexity index is 928. The van der Waals surface area contributed by atoms with Crippen LogP contribution in [0, 0.1) is 23.2 Å². The van der Waals surface area contributed by atoms with E-state index in [2.05, 4.69) is 29.6 Å². The maximum Gasteiger partial charge on any atom is 0.226 e. The lowest BCUT2D eigenvalue weighted by molar-refractivity contribution is -0.141. The molecule has 0 unspecified atom stereocenters. The normalized spacial score (nSPS) is 30.5. The van der Waals surface area contributed by atoms with E-state index in [9.17, 15) is 9.59 Å². The van der Waals surface area contributed by atoms with Crippen molar-refractivity contribution in [1.29, 1.82) is 0 Å². The molecule has 158 valence electrons. The van der Waals surface area contributed by atoms with Crippen molar-refractivity contribution in [3.05, 3.63) is 47.3 Å². The number of primary amides is 1. The second-order valence-electron chi connectivity index (χ2n) is 9.46. The SMILES string of the molecule is NC(=O)[C@]1(Cc2ccccc2-c2cccs2)CCCN(C(=O)C2[C@H]3CCCC[C@H]23)C1. The highest BCUT2D eigenvalue weighted by atomic mass is 32.1. The summed E-state index contributed by atoms with van der Waals surface area (Å²) >= 11 is 1.71. The summed E-state index contributed by atoms with van der Waals surface area (Å²) in [4.78, 5) is 29.3. The Morgan fingerprint density at radius 3 is 2.53 bits per heavy atom. The second kappa shape index (κ2) is 7.84. The number of likely N-dealkylation sites (tertiary alicyclic amines) is 1. The fraction of sp³-hybridized carbons (Fsp3) is 0.520. The van der Waals surface area contributed by atoms with Gasteiger partial charge in [0.1, 0.15) is 0 Å². The molecule has 1 aromatic carbocycles. The van der Waals surface area contributed by atoms with E-state index >= 15 is 0 Å². The molecule has 1 saturated heterocycles. The van der Waals surface area contributed by atoms with Gasteiger partial charge in [-0.2, -0.15) is 0 Å². The first kappa shape index (κ1) is 19.8. The van der Waals surface area contributed by atoms with E-state index in [1.165, 1.54) is 36.1 Å². The van der Waals surface area contributed by atoms with Gasteiger partial charge in [-0.1, -0.05) is 43.2 Å². The third-order valence-electron chi connectivity index (χ3n) is 7.69. The lowest BCUT2D eigenvalue weighted by atomic mass is 9.73. The molecule has 2 aromatic rings. The summed E-state index contributed by atoms with van der Waals surface area (Å²) in [6.07, 6.45) is 7.11. The number of nitrogens with zero attached hydrogens (tertiary/aromatic N) is 1. The van der Waals surface area contributed by atoms with Crippen molar-refractivity contribution in [2.45, 2.75) is 44.9 Å². The van der Waals surface area contributed by atoms with Crippen LogP contribution in [0.25, 0.3) is 10.4 Å². The maximum atomic E-state index is 13.3. The summed E-state index contributed by atoms with van der Waals surface area (Å²) in [6, 6.07) is 12.5. The molecule has 1 aromatic heterocycles.